The van der Waals surface area contributed by atoms with Crippen molar-refractivity contribution in [3.8, 4) is 11.5 Å². The van der Waals surface area contributed by atoms with Crippen LogP contribution in [0.25, 0.3) is 0 Å². The molecule has 2 rings (SSSR count). The maximum Gasteiger partial charge on any atom is 0.268 e. The molecule has 176 valence electrons. The molecule has 2 aromatic rings. The van der Waals surface area contributed by atoms with E-state index in [1.54, 1.807) is 25.1 Å². The second-order valence-corrected chi connectivity index (χ2v) is 9.12. The Morgan fingerprint density at radius 1 is 1.09 bits per heavy atom. The van der Waals surface area contributed by atoms with E-state index in [9.17, 15) is 13.2 Å². The minimum Gasteiger partial charge on any atom is -0.495 e. The van der Waals surface area contributed by atoms with Crippen LogP contribution in [0.15, 0.2) is 41.3 Å². The van der Waals surface area contributed by atoms with Gasteiger partial charge in [0.05, 0.1) is 24.9 Å². The van der Waals surface area contributed by atoms with Crippen molar-refractivity contribution in [2.45, 2.75) is 25.2 Å². The van der Waals surface area contributed by atoms with Gasteiger partial charge in [-0.1, -0.05) is 17.7 Å². The van der Waals surface area contributed by atoms with Gasteiger partial charge in [-0.25, -0.2) is 8.42 Å². The van der Waals surface area contributed by atoms with E-state index in [0.29, 0.717) is 31.9 Å². The van der Waals surface area contributed by atoms with Crippen molar-refractivity contribution >= 4 is 33.2 Å². The largest absolute Gasteiger partial charge is 0.495 e. The zero-order valence-corrected chi connectivity index (χ0v) is 20.3. The Hall–Kier alpha value is -2.49. The highest BCUT2D eigenvalue weighted by molar-refractivity contribution is 7.93. The summed E-state index contributed by atoms with van der Waals surface area (Å²) in [6, 6.07) is 9.36. The molecular formula is C22H29ClN2O6S. The molecule has 0 bridgehead atoms. The second kappa shape index (κ2) is 11.9. The lowest BCUT2D eigenvalue weighted by Crippen LogP contribution is -2.41. The molecule has 0 aliphatic carbocycles. The molecule has 32 heavy (non-hydrogen) atoms. The number of nitrogens with zero attached hydrogens (tertiary/aromatic N) is 1. The topological polar surface area (TPSA) is 94.2 Å². The van der Waals surface area contributed by atoms with Crippen LogP contribution in [-0.4, -0.2) is 54.8 Å². The van der Waals surface area contributed by atoms with Gasteiger partial charge in [-0.3, -0.25) is 9.10 Å². The van der Waals surface area contributed by atoms with Crippen LogP contribution < -0.4 is 19.1 Å². The zero-order valence-electron chi connectivity index (χ0n) is 18.7. The number of hydrogen-bond donors (Lipinski definition) is 1. The number of aryl methyl sites for hydroxylation is 1. The molecule has 0 atom stereocenters. The number of ether oxygens (including phenoxy) is 3. The molecule has 0 heterocycles. The van der Waals surface area contributed by atoms with Crippen LogP contribution in [0.2, 0.25) is 5.02 Å². The molecule has 0 aromatic heterocycles. The van der Waals surface area contributed by atoms with Gasteiger partial charge in [-0.05, 0) is 56.2 Å². The molecular weight excluding hydrogens is 456 g/mol. The van der Waals surface area contributed by atoms with E-state index in [4.69, 9.17) is 25.8 Å². The Balaban J connectivity index is 2.41. The Bertz CT molecular complexity index is 1030. The molecule has 1 N–H and O–H groups in total. The van der Waals surface area contributed by atoms with Crippen molar-refractivity contribution in [3.05, 3.63) is 47.0 Å². The number of anilines is 1. The summed E-state index contributed by atoms with van der Waals surface area (Å²) in [6.07, 6.45) is 0.617. The molecule has 0 saturated heterocycles. The smallest absolute Gasteiger partial charge is 0.268 e. The van der Waals surface area contributed by atoms with Crippen molar-refractivity contribution in [1.82, 2.24) is 5.32 Å². The van der Waals surface area contributed by atoms with Crippen molar-refractivity contribution in [2.24, 2.45) is 0 Å². The predicted octanol–water partition coefficient (Wildman–Crippen LogP) is 3.40. The van der Waals surface area contributed by atoms with Crippen LogP contribution in [0.3, 0.4) is 0 Å². The van der Waals surface area contributed by atoms with E-state index in [2.05, 4.69) is 5.32 Å². The highest BCUT2D eigenvalue weighted by Gasteiger charge is 2.30. The second-order valence-electron chi connectivity index (χ2n) is 6.89. The molecule has 0 fully saturated rings. The predicted molar refractivity (Wildman–Crippen MR) is 124 cm³/mol. The van der Waals surface area contributed by atoms with Crippen molar-refractivity contribution < 1.29 is 27.4 Å². The lowest BCUT2D eigenvalue weighted by atomic mass is 10.2. The third kappa shape index (κ3) is 6.51. The van der Waals surface area contributed by atoms with Gasteiger partial charge in [0, 0.05) is 19.8 Å². The number of amides is 1. The lowest BCUT2D eigenvalue weighted by Gasteiger charge is -2.25. The van der Waals surface area contributed by atoms with Gasteiger partial charge < -0.3 is 19.5 Å². The van der Waals surface area contributed by atoms with Crippen LogP contribution in [0, 0.1) is 6.92 Å². The van der Waals surface area contributed by atoms with E-state index >= 15 is 0 Å². The standard InChI is InChI=1S/C22H29ClN2O6S/c1-5-31-12-6-11-24-22(26)15-25(17-8-10-19(29-3)18(23)14-17)32(27,28)21-13-16(2)7-9-20(21)30-4/h7-10,13-14H,5-6,11-12,15H2,1-4H3,(H,24,26). The van der Waals surface area contributed by atoms with E-state index in [-0.39, 0.29) is 21.4 Å². The zero-order chi connectivity index (χ0) is 23.7. The third-order valence-electron chi connectivity index (χ3n) is 4.59. The average molecular weight is 485 g/mol. The highest BCUT2D eigenvalue weighted by atomic mass is 35.5. The summed E-state index contributed by atoms with van der Waals surface area (Å²) in [4.78, 5) is 12.6. The van der Waals surface area contributed by atoms with Crippen LogP contribution in [0.1, 0.15) is 18.9 Å². The van der Waals surface area contributed by atoms with Crippen LogP contribution >= 0.6 is 11.6 Å². The molecule has 2 aromatic carbocycles. The summed E-state index contributed by atoms with van der Waals surface area (Å²) in [5.41, 5.74) is 0.960. The normalized spacial score (nSPS) is 11.2. The van der Waals surface area contributed by atoms with E-state index in [1.165, 1.54) is 32.4 Å². The van der Waals surface area contributed by atoms with Gasteiger partial charge in [-0.2, -0.15) is 0 Å². The minimum atomic E-state index is -4.17. The van der Waals surface area contributed by atoms with Crippen LogP contribution in [-0.2, 0) is 19.6 Å². The fraction of sp³-hybridized carbons (Fsp3) is 0.409. The number of sulfonamides is 1. The number of benzene rings is 2. The number of carbonyl (C=O) groups is 1. The summed E-state index contributed by atoms with van der Waals surface area (Å²) >= 11 is 6.24. The number of carbonyl (C=O) groups excluding carboxylic acids is 1. The molecule has 0 aliphatic heterocycles. The fourth-order valence-corrected chi connectivity index (χ4v) is 4.87. The molecule has 10 heteroatoms. The van der Waals surface area contributed by atoms with Gasteiger partial charge in [0.1, 0.15) is 22.9 Å². The Morgan fingerprint density at radius 3 is 2.41 bits per heavy atom. The molecule has 8 nitrogen and oxygen atoms in total. The van der Waals surface area contributed by atoms with Crippen LogP contribution in [0.5, 0.6) is 11.5 Å². The molecule has 0 radical (unpaired) electrons. The van der Waals surface area contributed by atoms with Crippen molar-refractivity contribution in [1.29, 1.82) is 0 Å². The molecule has 0 saturated carbocycles. The van der Waals surface area contributed by atoms with Crippen LogP contribution in [0.4, 0.5) is 5.69 Å². The van der Waals surface area contributed by atoms with Crippen molar-refractivity contribution in [3.63, 3.8) is 0 Å². The highest BCUT2D eigenvalue weighted by Crippen LogP contribution is 2.34. The van der Waals surface area contributed by atoms with Gasteiger partial charge in [-0.15, -0.1) is 0 Å². The van der Waals surface area contributed by atoms with E-state index in [0.717, 1.165) is 9.87 Å². The number of nitrogens with one attached hydrogen (secondary N) is 1. The van der Waals surface area contributed by atoms with Gasteiger partial charge in [0.15, 0.2) is 0 Å². The maximum atomic E-state index is 13.7. The number of hydrogen-bond acceptors (Lipinski definition) is 6. The van der Waals surface area contributed by atoms with E-state index < -0.39 is 22.5 Å². The monoisotopic (exact) mass is 484 g/mol. The molecule has 1 amide bonds. The Labute approximate surface area is 194 Å². The summed E-state index contributed by atoms with van der Waals surface area (Å²) in [5.74, 6) is 0.113. The summed E-state index contributed by atoms with van der Waals surface area (Å²) in [7, 11) is -1.31. The average Bonchev–Trinajstić information content (AvgIpc) is 2.77. The first-order valence-electron chi connectivity index (χ1n) is 10.1. The van der Waals surface area contributed by atoms with Crippen molar-refractivity contribution in [2.75, 3.05) is 44.8 Å². The van der Waals surface area contributed by atoms with Gasteiger partial charge in [0.25, 0.3) is 10.0 Å². The first-order valence-corrected chi connectivity index (χ1v) is 11.9. The maximum absolute atomic E-state index is 13.7. The van der Waals surface area contributed by atoms with E-state index in [1.807, 2.05) is 6.92 Å². The third-order valence-corrected chi connectivity index (χ3v) is 6.68. The number of rotatable bonds is 12. The quantitative estimate of drug-likeness (QED) is 0.464. The van der Waals surface area contributed by atoms with Gasteiger partial charge in [0.2, 0.25) is 5.91 Å². The first kappa shape index (κ1) is 25.8. The lowest BCUT2D eigenvalue weighted by molar-refractivity contribution is -0.119. The summed E-state index contributed by atoms with van der Waals surface area (Å²) in [6.45, 7) is 4.70. The van der Waals surface area contributed by atoms with Gasteiger partial charge >= 0.3 is 0 Å². The minimum absolute atomic E-state index is 0.0453. The molecule has 0 spiro atoms. The number of methoxy groups -OCH3 is 2. The summed E-state index contributed by atoms with van der Waals surface area (Å²) in [5, 5.41) is 2.95. The Kier molecular flexibility index (Phi) is 9.61. The summed E-state index contributed by atoms with van der Waals surface area (Å²) < 4.78 is 44.0. The molecule has 0 unspecified atom stereocenters. The first-order chi connectivity index (χ1) is 15.2. The fourth-order valence-electron chi connectivity index (χ4n) is 2.96. The Morgan fingerprint density at radius 2 is 1.78 bits per heavy atom. The molecule has 0 aliphatic rings. The SMILES string of the molecule is CCOCCCNC(=O)CN(c1ccc(OC)c(Cl)c1)S(=O)(=O)c1cc(C)ccc1OC. The number of halogens is 1.